The maximum absolute atomic E-state index is 12.7. The number of anilines is 1. The van der Waals surface area contributed by atoms with Crippen LogP contribution in [-0.4, -0.2) is 5.91 Å². The lowest BCUT2D eigenvalue weighted by molar-refractivity contribution is -0.116. The number of rotatable bonds is 5. The molecule has 0 saturated carbocycles. The van der Waals surface area contributed by atoms with E-state index in [9.17, 15) is 4.79 Å². The van der Waals surface area contributed by atoms with Crippen molar-refractivity contribution in [2.75, 3.05) is 5.32 Å². The van der Waals surface area contributed by atoms with Gasteiger partial charge in [0.1, 0.15) is 0 Å². The van der Waals surface area contributed by atoms with E-state index >= 15 is 0 Å². The standard InChI is InChI=1S/C23H23NO/c1-17-10-9-15-22(18(17)2)24-23(25)16-21(19-11-5-3-6-12-19)20-13-7-4-8-14-20/h3-15,21H,16H2,1-2H3,(H,24,25). The van der Waals surface area contributed by atoms with E-state index in [1.807, 2.05) is 55.5 Å². The zero-order valence-electron chi connectivity index (χ0n) is 14.7. The molecule has 1 N–H and O–H groups in total. The molecule has 0 heterocycles. The van der Waals surface area contributed by atoms with Gasteiger partial charge in [0, 0.05) is 18.0 Å². The van der Waals surface area contributed by atoms with Gasteiger partial charge in [-0.15, -0.1) is 0 Å². The fraction of sp³-hybridized carbons (Fsp3) is 0.174. The number of hydrogen-bond acceptors (Lipinski definition) is 1. The van der Waals surface area contributed by atoms with E-state index in [0.717, 1.165) is 22.4 Å². The average Bonchev–Trinajstić information content (AvgIpc) is 2.65. The highest BCUT2D eigenvalue weighted by molar-refractivity contribution is 5.92. The van der Waals surface area contributed by atoms with Crippen molar-refractivity contribution in [2.45, 2.75) is 26.2 Å². The van der Waals surface area contributed by atoms with E-state index in [0.29, 0.717) is 6.42 Å². The molecule has 0 aromatic heterocycles. The molecule has 3 aromatic carbocycles. The van der Waals surface area contributed by atoms with Crippen molar-refractivity contribution in [3.63, 3.8) is 0 Å². The molecule has 0 unspecified atom stereocenters. The molecule has 0 atom stereocenters. The number of benzene rings is 3. The Hall–Kier alpha value is -2.87. The molecule has 0 saturated heterocycles. The van der Waals surface area contributed by atoms with E-state index in [4.69, 9.17) is 0 Å². The summed E-state index contributed by atoms with van der Waals surface area (Å²) < 4.78 is 0. The molecule has 3 aromatic rings. The highest BCUT2D eigenvalue weighted by Gasteiger charge is 2.18. The van der Waals surface area contributed by atoms with Gasteiger partial charge in [0.15, 0.2) is 0 Å². The molecule has 3 rings (SSSR count). The van der Waals surface area contributed by atoms with Crippen LogP contribution in [0.3, 0.4) is 0 Å². The van der Waals surface area contributed by atoms with Crippen LogP contribution in [0.5, 0.6) is 0 Å². The fourth-order valence-electron chi connectivity index (χ4n) is 3.07. The van der Waals surface area contributed by atoms with Crippen LogP contribution in [0.25, 0.3) is 0 Å². The SMILES string of the molecule is Cc1cccc(NC(=O)CC(c2ccccc2)c2ccccc2)c1C. The lowest BCUT2D eigenvalue weighted by Crippen LogP contribution is -2.17. The van der Waals surface area contributed by atoms with Crippen LogP contribution >= 0.6 is 0 Å². The van der Waals surface area contributed by atoms with E-state index in [1.54, 1.807) is 0 Å². The first-order valence-corrected chi connectivity index (χ1v) is 8.61. The zero-order valence-corrected chi connectivity index (χ0v) is 14.7. The molecule has 2 nitrogen and oxygen atoms in total. The van der Waals surface area contributed by atoms with Gasteiger partial charge in [0.25, 0.3) is 0 Å². The zero-order chi connectivity index (χ0) is 17.6. The van der Waals surface area contributed by atoms with Crippen LogP contribution in [0.2, 0.25) is 0 Å². The first-order chi connectivity index (χ1) is 12.1. The molecule has 0 aliphatic rings. The number of carbonyl (C=O) groups excluding carboxylic acids is 1. The average molecular weight is 329 g/mol. The van der Waals surface area contributed by atoms with Crippen molar-refractivity contribution in [3.8, 4) is 0 Å². The van der Waals surface area contributed by atoms with Crippen LogP contribution in [-0.2, 0) is 4.79 Å². The van der Waals surface area contributed by atoms with Crippen LogP contribution < -0.4 is 5.32 Å². The minimum Gasteiger partial charge on any atom is -0.326 e. The first-order valence-electron chi connectivity index (χ1n) is 8.61. The maximum atomic E-state index is 12.7. The quantitative estimate of drug-likeness (QED) is 0.661. The molecule has 1 amide bonds. The van der Waals surface area contributed by atoms with Gasteiger partial charge in [-0.3, -0.25) is 4.79 Å². The van der Waals surface area contributed by atoms with Crippen molar-refractivity contribution in [2.24, 2.45) is 0 Å². The predicted molar refractivity (Wildman–Crippen MR) is 104 cm³/mol. The Morgan fingerprint density at radius 1 is 0.800 bits per heavy atom. The molecule has 0 aliphatic carbocycles. The summed E-state index contributed by atoms with van der Waals surface area (Å²) in [6.45, 7) is 4.10. The van der Waals surface area contributed by atoms with Gasteiger partial charge >= 0.3 is 0 Å². The maximum Gasteiger partial charge on any atom is 0.225 e. The number of carbonyl (C=O) groups is 1. The van der Waals surface area contributed by atoms with Gasteiger partial charge < -0.3 is 5.32 Å². The summed E-state index contributed by atoms with van der Waals surface area (Å²) in [5, 5.41) is 3.08. The highest BCUT2D eigenvalue weighted by atomic mass is 16.1. The van der Waals surface area contributed by atoms with Gasteiger partial charge in [-0.2, -0.15) is 0 Å². The molecule has 0 bridgehead atoms. The Morgan fingerprint density at radius 3 is 1.92 bits per heavy atom. The highest BCUT2D eigenvalue weighted by Crippen LogP contribution is 2.28. The lowest BCUT2D eigenvalue weighted by Gasteiger charge is -2.18. The van der Waals surface area contributed by atoms with Gasteiger partial charge in [-0.05, 0) is 42.2 Å². The second-order valence-corrected chi connectivity index (χ2v) is 6.37. The molecular formula is C23H23NO. The molecule has 0 spiro atoms. The van der Waals surface area contributed by atoms with E-state index < -0.39 is 0 Å². The predicted octanol–water partition coefficient (Wildman–Crippen LogP) is 5.46. The Balaban J connectivity index is 1.83. The molecule has 0 radical (unpaired) electrons. The normalized spacial score (nSPS) is 10.7. The second-order valence-electron chi connectivity index (χ2n) is 6.37. The Morgan fingerprint density at radius 2 is 1.36 bits per heavy atom. The monoisotopic (exact) mass is 329 g/mol. The molecule has 2 heteroatoms. The van der Waals surface area contributed by atoms with Crippen molar-refractivity contribution in [1.29, 1.82) is 0 Å². The molecular weight excluding hydrogens is 306 g/mol. The Labute approximate surface area is 149 Å². The Bertz CT molecular complexity index is 801. The van der Waals surface area contributed by atoms with Crippen molar-refractivity contribution in [1.82, 2.24) is 0 Å². The van der Waals surface area contributed by atoms with Gasteiger partial charge in [-0.25, -0.2) is 0 Å². The third-order valence-electron chi connectivity index (χ3n) is 4.67. The van der Waals surface area contributed by atoms with Crippen molar-refractivity contribution >= 4 is 11.6 Å². The Kier molecular flexibility index (Phi) is 5.30. The van der Waals surface area contributed by atoms with E-state index in [-0.39, 0.29) is 11.8 Å². The first kappa shape index (κ1) is 17.0. The second kappa shape index (κ2) is 7.80. The van der Waals surface area contributed by atoms with E-state index in [2.05, 4.69) is 42.6 Å². The fourth-order valence-corrected chi connectivity index (χ4v) is 3.07. The topological polar surface area (TPSA) is 29.1 Å². The van der Waals surface area contributed by atoms with Crippen LogP contribution in [0.4, 0.5) is 5.69 Å². The molecule has 0 aliphatic heterocycles. The van der Waals surface area contributed by atoms with Gasteiger partial charge in [0.05, 0.1) is 0 Å². The van der Waals surface area contributed by atoms with Crippen molar-refractivity contribution < 1.29 is 4.79 Å². The summed E-state index contributed by atoms with van der Waals surface area (Å²) in [7, 11) is 0. The number of hydrogen-bond donors (Lipinski definition) is 1. The summed E-state index contributed by atoms with van der Waals surface area (Å²) in [5.74, 6) is 0.0823. The van der Waals surface area contributed by atoms with Crippen LogP contribution in [0.15, 0.2) is 78.9 Å². The smallest absolute Gasteiger partial charge is 0.225 e. The minimum atomic E-state index is 0.0337. The number of amides is 1. The van der Waals surface area contributed by atoms with Crippen molar-refractivity contribution in [3.05, 3.63) is 101 Å². The lowest BCUT2D eigenvalue weighted by atomic mass is 9.88. The molecule has 0 fully saturated rings. The molecule has 126 valence electrons. The van der Waals surface area contributed by atoms with E-state index in [1.165, 1.54) is 5.56 Å². The van der Waals surface area contributed by atoms with Crippen LogP contribution in [0.1, 0.15) is 34.6 Å². The number of nitrogens with one attached hydrogen (secondary N) is 1. The summed E-state index contributed by atoms with van der Waals surface area (Å²) in [6.07, 6.45) is 0.418. The summed E-state index contributed by atoms with van der Waals surface area (Å²) in [4.78, 5) is 12.7. The summed E-state index contributed by atoms with van der Waals surface area (Å²) >= 11 is 0. The third-order valence-corrected chi connectivity index (χ3v) is 4.67. The van der Waals surface area contributed by atoms with Gasteiger partial charge in [-0.1, -0.05) is 72.8 Å². The molecule has 25 heavy (non-hydrogen) atoms. The summed E-state index contributed by atoms with van der Waals surface area (Å²) in [6, 6.07) is 26.4. The third kappa shape index (κ3) is 4.16. The van der Waals surface area contributed by atoms with Crippen LogP contribution in [0, 0.1) is 13.8 Å². The largest absolute Gasteiger partial charge is 0.326 e. The summed E-state index contributed by atoms with van der Waals surface area (Å²) in [5.41, 5.74) is 5.51. The number of aryl methyl sites for hydroxylation is 1. The minimum absolute atomic E-state index is 0.0337. The van der Waals surface area contributed by atoms with Gasteiger partial charge in [0.2, 0.25) is 5.91 Å².